The van der Waals surface area contributed by atoms with Crippen LogP contribution < -0.4 is 5.32 Å². The maximum absolute atomic E-state index is 12.6. The molecule has 0 atom stereocenters. The Morgan fingerprint density at radius 2 is 1.59 bits per heavy atom. The van der Waals surface area contributed by atoms with Gasteiger partial charge in [-0.15, -0.1) is 0 Å². The minimum Gasteiger partial charge on any atom is -0.340 e. The molecule has 7 heteroatoms. The van der Waals surface area contributed by atoms with Crippen LogP contribution >= 0.6 is 0 Å². The third-order valence-corrected chi connectivity index (χ3v) is 6.48. The highest BCUT2D eigenvalue weighted by molar-refractivity contribution is 7.89. The molecular formula is C20H20N4O2S. The van der Waals surface area contributed by atoms with Gasteiger partial charge in [-0.2, -0.15) is 4.31 Å². The van der Waals surface area contributed by atoms with Crippen LogP contribution in [0.2, 0.25) is 0 Å². The van der Waals surface area contributed by atoms with Gasteiger partial charge in [0.2, 0.25) is 10.0 Å². The predicted octanol–water partition coefficient (Wildman–Crippen LogP) is 3.67. The first kappa shape index (κ1) is 17.6. The number of nitrogens with one attached hydrogen (secondary N) is 1. The molecule has 0 amide bonds. The molecule has 2 aromatic carbocycles. The quantitative estimate of drug-likeness (QED) is 0.731. The lowest BCUT2D eigenvalue weighted by molar-refractivity contribution is 0.477. The van der Waals surface area contributed by atoms with E-state index in [0.717, 1.165) is 29.8 Å². The lowest BCUT2D eigenvalue weighted by atomic mass is 10.1. The standard InChI is InChI=1S/C20H20N4O2S/c25-27(26,24-12-4-5-13-24)18-10-8-17(9-11-18)23-20-14-19(21-15-22-20)16-6-2-1-3-7-16/h1-3,6-11,14-15H,4-5,12-13H2,(H,21,22,23). The van der Waals surface area contributed by atoms with E-state index in [-0.39, 0.29) is 0 Å². The molecule has 1 aliphatic rings. The van der Waals surface area contributed by atoms with Crippen molar-refractivity contribution in [2.45, 2.75) is 17.7 Å². The second-order valence-corrected chi connectivity index (χ2v) is 8.35. The summed E-state index contributed by atoms with van der Waals surface area (Å²) in [5, 5.41) is 3.20. The number of hydrogen-bond acceptors (Lipinski definition) is 5. The van der Waals surface area contributed by atoms with E-state index in [1.165, 1.54) is 6.33 Å². The van der Waals surface area contributed by atoms with Crippen LogP contribution in [-0.4, -0.2) is 35.8 Å². The maximum Gasteiger partial charge on any atom is 0.243 e. The van der Waals surface area contributed by atoms with Crippen LogP contribution in [0, 0.1) is 0 Å². The van der Waals surface area contributed by atoms with Gasteiger partial charge in [0.25, 0.3) is 0 Å². The van der Waals surface area contributed by atoms with Crippen LogP contribution in [0.3, 0.4) is 0 Å². The van der Waals surface area contributed by atoms with E-state index < -0.39 is 10.0 Å². The smallest absolute Gasteiger partial charge is 0.243 e. The van der Waals surface area contributed by atoms with Gasteiger partial charge in [0.1, 0.15) is 12.1 Å². The first-order valence-corrected chi connectivity index (χ1v) is 10.3. The molecule has 3 aromatic rings. The predicted molar refractivity (Wildman–Crippen MR) is 105 cm³/mol. The summed E-state index contributed by atoms with van der Waals surface area (Å²) in [6.07, 6.45) is 3.36. The highest BCUT2D eigenvalue weighted by atomic mass is 32.2. The highest BCUT2D eigenvalue weighted by Crippen LogP contribution is 2.24. The SMILES string of the molecule is O=S(=O)(c1ccc(Nc2cc(-c3ccccc3)ncn2)cc1)N1CCCC1. The van der Waals surface area contributed by atoms with Gasteiger partial charge in [-0.25, -0.2) is 18.4 Å². The summed E-state index contributed by atoms with van der Waals surface area (Å²) >= 11 is 0. The molecule has 0 radical (unpaired) electrons. The minimum atomic E-state index is -3.39. The monoisotopic (exact) mass is 380 g/mol. The van der Waals surface area contributed by atoms with Gasteiger partial charge in [-0.1, -0.05) is 30.3 Å². The zero-order valence-electron chi connectivity index (χ0n) is 14.7. The van der Waals surface area contributed by atoms with Crippen molar-refractivity contribution in [3.8, 4) is 11.3 Å². The molecule has 27 heavy (non-hydrogen) atoms. The molecule has 1 N–H and O–H groups in total. The van der Waals surface area contributed by atoms with Gasteiger partial charge in [0, 0.05) is 30.4 Å². The molecule has 0 unspecified atom stereocenters. The van der Waals surface area contributed by atoms with E-state index in [1.54, 1.807) is 28.6 Å². The van der Waals surface area contributed by atoms with Gasteiger partial charge < -0.3 is 5.32 Å². The van der Waals surface area contributed by atoms with E-state index in [4.69, 9.17) is 0 Å². The summed E-state index contributed by atoms with van der Waals surface area (Å²) in [7, 11) is -3.39. The third kappa shape index (κ3) is 3.84. The average Bonchev–Trinajstić information content (AvgIpc) is 3.25. The minimum absolute atomic E-state index is 0.322. The molecule has 1 fully saturated rings. The number of hydrogen-bond donors (Lipinski definition) is 1. The molecule has 1 aromatic heterocycles. The van der Waals surface area contributed by atoms with Crippen molar-refractivity contribution in [1.29, 1.82) is 0 Å². The van der Waals surface area contributed by atoms with Crippen LogP contribution in [0.1, 0.15) is 12.8 Å². The topological polar surface area (TPSA) is 75.2 Å². The zero-order chi connectivity index (χ0) is 18.7. The second kappa shape index (κ2) is 7.46. The van der Waals surface area contributed by atoms with Gasteiger partial charge in [0.15, 0.2) is 0 Å². The zero-order valence-corrected chi connectivity index (χ0v) is 15.6. The van der Waals surface area contributed by atoms with Gasteiger partial charge in [0.05, 0.1) is 10.6 Å². The van der Waals surface area contributed by atoms with Gasteiger partial charge in [-0.05, 0) is 37.1 Å². The van der Waals surface area contributed by atoms with Crippen molar-refractivity contribution < 1.29 is 8.42 Å². The summed E-state index contributed by atoms with van der Waals surface area (Å²) in [4.78, 5) is 8.87. The molecule has 2 heterocycles. The Labute approximate surface area is 159 Å². The molecule has 4 rings (SSSR count). The molecule has 1 saturated heterocycles. The summed E-state index contributed by atoms with van der Waals surface area (Å²) in [6.45, 7) is 1.21. The molecule has 0 bridgehead atoms. The van der Waals surface area contributed by atoms with Crippen molar-refractivity contribution in [3.05, 3.63) is 67.0 Å². The molecule has 0 spiro atoms. The third-order valence-electron chi connectivity index (χ3n) is 4.57. The van der Waals surface area contributed by atoms with Crippen molar-refractivity contribution in [3.63, 3.8) is 0 Å². The van der Waals surface area contributed by atoms with Crippen molar-refractivity contribution in [1.82, 2.24) is 14.3 Å². The summed E-state index contributed by atoms with van der Waals surface area (Å²) in [6, 6.07) is 18.5. The Hall–Kier alpha value is -2.77. The average molecular weight is 380 g/mol. The maximum atomic E-state index is 12.6. The van der Waals surface area contributed by atoms with Crippen molar-refractivity contribution in [2.75, 3.05) is 18.4 Å². The first-order valence-electron chi connectivity index (χ1n) is 8.88. The van der Waals surface area contributed by atoms with Crippen LogP contribution in [-0.2, 0) is 10.0 Å². The molecule has 1 aliphatic heterocycles. The Morgan fingerprint density at radius 1 is 0.889 bits per heavy atom. The molecule has 0 aliphatic carbocycles. The van der Waals surface area contributed by atoms with E-state index in [0.29, 0.717) is 23.8 Å². The summed E-state index contributed by atoms with van der Waals surface area (Å²) in [5.74, 6) is 0.652. The van der Waals surface area contributed by atoms with Crippen LogP contribution in [0.5, 0.6) is 0 Å². The van der Waals surface area contributed by atoms with Gasteiger partial charge in [-0.3, -0.25) is 0 Å². The largest absolute Gasteiger partial charge is 0.340 e. The van der Waals surface area contributed by atoms with Crippen molar-refractivity contribution >= 4 is 21.5 Å². The van der Waals surface area contributed by atoms with Crippen LogP contribution in [0.25, 0.3) is 11.3 Å². The molecule has 138 valence electrons. The Kier molecular flexibility index (Phi) is 4.87. The lowest BCUT2D eigenvalue weighted by Gasteiger charge is -2.15. The van der Waals surface area contributed by atoms with E-state index in [2.05, 4.69) is 15.3 Å². The van der Waals surface area contributed by atoms with Crippen LogP contribution in [0.4, 0.5) is 11.5 Å². The number of aromatic nitrogens is 2. The fourth-order valence-corrected chi connectivity index (χ4v) is 4.65. The number of benzene rings is 2. The second-order valence-electron chi connectivity index (χ2n) is 6.42. The molecule has 0 saturated carbocycles. The Morgan fingerprint density at radius 3 is 2.30 bits per heavy atom. The Bertz CT molecular complexity index is 1020. The fourth-order valence-electron chi connectivity index (χ4n) is 3.13. The normalized spacial score (nSPS) is 15.0. The Balaban J connectivity index is 1.52. The first-order chi connectivity index (χ1) is 13.1. The summed E-state index contributed by atoms with van der Waals surface area (Å²) < 4.78 is 26.7. The molecule has 6 nitrogen and oxygen atoms in total. The highest BCUT2D eigenvalue weighted by Gasteiger charge is 2.26. The van der Waals surface area contributed by atoms with Crippen LogP contribution in [0.15, 0.2) is 71.9 Å². The van der Waals surface area contributed by atoms with E-state index >= 15 is 0 Å². The van der Waals surface area contributed by atoms with Gasteiger partial charge >= 0.3 is 0 Å². The number of rotatable bonds is 5. The number of sulfonamides is 1. The number of anilines is 2. The summed E-state index contributed by atoms with van der Waals surface area (Å²) in [5.41, 5.74) is 2.60. The van der Waals surface area contributed by atoms with E-state index in [9.17, 15) is 8.42 Å². The van der Waals surface area contributed by atoms with E-state index in [1.807, 2.05) is 36.4 Å². The molecular weight excluding hydrogens is 360 g/mol. The fraction of sp³-hybridized carbons (Fsp3) is 0.200. The number of nitrogens with zero attached hydrogens (tertiary/aromatic N) is 3. The lowest BCUT2D eigenvalue weighted by Crippen LogP contribution is -2.27. The van der Waals surface area contributed by atoms with Crippen molar-refractivity contribution in [2.24, 2.45) is 0 Å².